The van der Waals surface area contributed by atoms with Crippen molar-refractivity contribution in [2.24, 2.45) is 11.8 Å². The highest BCUT2D eigenvalue weighted by Crippen LogP contribution is 2.38. The van der Waals surface area contributed by atoms with Crippen molar-refractivity contribution < 1.29 is 22.6 Å². The number of hydrogen-bond donors (Lipinski definition) is 0. The Hall–Kier alpha value is -1.07. The van der Waals surface area contributed by atoms with E-state index in [9.17, 15) is 13.2 Å². The fraction of sp³-hybridized carbons (Fsp3) is 0.714. The fourth-order valence-electron chi connectivity index (χ4n) is 4.29. The highest BCUT2D eigenvalue weighted by Gasteiger charge is 2.26. The van der Waals surface area contributed by atoms with Gasteiger partial charge in [-0.15, -0.1) is 0 Å². The van der Waals surface area contributed by atoms with Crippen molar-refractivity contribution in [1.82, 2.24) is 0 Å². The monoisotopic (exact) mass is 370 g/mol. The van der Waals surface area contributed by atoms with Crippen LogP contribution in [0.15, 0.2) is 12.1 Å². The van der Waals surface area contributed by atoms with Crippen LogP contribution in [0.2, 0.25) is 0 Å². The van der Waals surface area contributed by atoms with E-state index in [1.54, 1.807) is 0 Å². The van der Waals surface area contributed by atoms with Crippen molar-refractivity contribution in [3.05, 3.63) is 35.1 Å². The third-order valence-corrected chi connectivity index (χ3v) is 5.87. The van der Waals surface area contributed by atoms with E-state index in [4.69, 9.17) is 9.47 Å². The molecular formula is C21H29F3O2. The van der Waals surface area contributed by atoms with Crippen LogP contribution in [0.1, 0.15) is 69.8 Å². The fourth-order valence-corrected chi connectivity index (χ4v) is 4.29. The van der Waals surface area contributed by atoms with E-state index in [-0.39, 0.29) is 12.2 Å². The van der Waals surface area contributed by atoms with E-state index >= 15 is 0 Å². The lowest BCUT2D eigenvalue weighted by molar-refractivity contribution is -0.205. The summed E-state index contributed by atoms with van der Waals surface area (Å²) in [6.45, 7) is 3.77. The Morgan fingerprint density at radius 3 is 2.04 bits per heavy atom. The van der Waals surface area contributed by atoms with Gasteiger partial charge in [-0.3, -0.25) is 0 Å². The van der Waals surface area contributed by atoms with E-state index in [2.05, 4.69) is 6.92 Å². The van der Waals surface area contributed by atoms with Crippen molar-refractivity contribution in [3.8, 4) is 0 Å². The Morgan fingerprint density at radius 2 is 1.46 bits per heavy atom. The van der Waals surface area contributed by atoms with Gasteiger partial charge in [-0.1, -0.05) is 13.3 Å². The minimum absolute atomic E-state index is 0.0823. The molecule has 0 atom stereocenters. The zero-order chi connectivity index (χ0) is 18.5. The second-order valence-electron chi connectivity index (χ2n) is 7.84. The topological polar surface area (TPSA) is 18.5 Å². The van der Waals surface area contributed by atoms with Gasteiger partial charge >= 0.3 is 0 Å². The standard InChI is InChI=1S/C21H29F3O2/c1-2-3-15-12-25-20(26-13-15)9-6-14-4-7-16(8-5-14)17-10-18(22)21(24)19(23)11-17/h10-11,14-16,20H,2-9,12-13H2,1H3. The van der Waals surface area contributed by atoms with Gasteiger partial charge in [-0.2, -0.15) is 0 Å². The van der Waals surface area contributed by atoms with Crippen molar-refractivity contribution in [2.45, 2.75) is 70.5 Å². The van der Waals surface area contributed by atoms with Gasteiger partial charge in [0.2, 0.25) is 0 Å². The molecule has 146 valence electrons. The maximum absolute atomic E-state index is 13.4. The Labute approximate surface area is 154 Å². The van der Waals surface area contributed by atoms with Gasteiger partial charge in [0.15, 0.2) is 23.7 Å². The lowest BCUT2D eigenvalue weighted by Gasteiger charge is -2.32. The number of hydrogen-bond acceptors (Lipinski definition) is 2. The van der Waals surface area contributed by atoms with Gasteiger partial charge in [0.25, 0.3) is 0 Å². The number of rotatable bonds is 6. The molecule has 0 aromatic heterocycles. The number of benzene rings is 1. The molecule has 0 amide bonds. The van der Waals surface area contributed by atoms with Crippen LogP contribution in [0.25, 0.3) is 0 Å². The van der Waals surface area contributed by atoms with E-state index in [0.717, 1.165) is 76.7 Å². The summed E-state index contributed by atoms with van der Waals surface area (Å²) in [6, 6.07) is 2.31. The van der Waals surface area contributed by atoms with E-state index in [1.807, 2.05) is 0 Å². The molecular weight excluding hydrogens is 341 g/mol. The first-order valence-corrected chi connectivity index (χ1v) is 9.94. The zero-order valence-electron chi connectivity index (χ0n) is 15.5. The molecule has 1 heterocycles. The Balaban J connectivity index is 1.40. The maximum atomic E-state index is 13.4. The van der Waals surface area contributed by atoms with Crippen molar-refractivity contribution in [1.29, 1.82) is 0 Å². The summed E-state index contributed by atoms with van der Waals surface area (Å²) in [6.07, 6.45) is 8.03. The second kappa shape index (κ2) is 9.23. The van der Waals surface area contributed by atoms with Crippen LogP contribution in [0.3, 0.4) is 0 Å². The Bertz CT molecular complexity index is 554. The molecule has 26 heavy (non-hydrogen) atoms. The highest BCUT2D eigenvalue weighted by molar-refractivity contribution is 5.23. The lowest BCUT2D eigenvalue weighted by atomic mass is 9.77. The first-order chi connectivity index (χ1) is 12.6. The largest absolute Gasteiger partial charge is 0.352 e. The van der Waals surface area contributed by atoms with Gasteiger partial charge in [0, 0.05) is 5.92 Å². The summed E-state index contributed by atoms with van der Waals surface area (Å²) in [5, 5.41) is 0. The molecule has 1 aliphatic heterocycles. The van der Waals surface area contributed by atoms with E-state index < -0.39 is 17.5 Å². The maximum Gasteiger partial charge on any atom is 0.194 e. The molecule has 1 aromatic rings. The summed E-state index contributed by atoms with van der Waals surface area (Å²) in [5.74, 6) is -2.31. The molecule has 0 unspecified atom stereocenters. The molecule has 1 saturated heterocycles. The second-order valence-corrected chi connectivity index (χ2v) is 7.84. The molecule has 0 bridgehead atoms. The predicted molar refractivity (Wildman–Crippen MR) is 94.3 cm³/mol. The van der Waals surface area contributed by atoms with Crippen molar-refractivity contribution in [2.75, 3.05) is 13.2 Å². The average Bonchev–Trinajstić information content (AvgIpc) is 2.66. The Kier molecular flexibility index (Phi) is 6.98. The number of ether oxygens (including phenoxy) is 2. The summed E-state index contributed by atoms with van der Waals surface area (Å²) < 4.78 is 51.6. The van der Waals surface area contributed by atoms with Crippen LogP contribution >= 0.6 is 0 Å². The minimum atomic E-state index is -1.38. The van der Waals surface area contributed by atoms with E-state index in [0.29, 0.717) is 17.4 Å². The van der Waals surface area contributed by atoms with Gasteiger partial charge in [0.05, 0.1) is 13.2 Å². The molecule has 0 N–H and O–H groups in total. The molecule has 2 nitrogen and oxygen atoms in total. The van der Waals surface area contributed by atoms with Gasteiger partial charge in [-0.05, 0) is 74.5 Å². The smallest absolute Gasteiger partial charge is 0.194 e. The molecule has 1 aliphatic carbocycles. The Morgan fingerprint density at radius 1 is 0.846 bits per heavy atom. The van der Waals surface area contributed by atoms with E-state index in [1.165, 1.54) is 0 Å². The molecule has 5 heteroatoms. The summed E-state index contributed by atoms with van der Waals surface area (Å²) in [4.78, 5) is 0. The van der Waals surface area contributed by atoms with Crippen LogP contribution in [0, 0.1) is 29.3 Å². The normalized spacial score (nSPS) is 29.7. The average molecular weight is 370 g/mol. The molecule has 2 aliphatic rings. The molecule has 1 aromatic carbocycles. The molecule has 0 radical (unpaired) electrons. The first kappa shape index (κ1) is 19.7. The first-order valence-electron chi connectivity index (χ1n) is 9.94. The molecule has 2 fully saturated rings. The van der Waals surface area contributed by atoms with Crippen LogP contribution in [0.5, 0.6) is 0 Å². The number of halogens is 3. The van der Waals surface area contributed by atoms with Crippen LogP contribution in [-0.4, -0.2) is 19.5 Å². The summed E-state index contributed by atoms with van der Waals surface area (Å²) in [7, 11) is 0. The quantitative estimate of drug-likeness (QED) is 0.576. The lowest BCUT2D eigenvalue weighted by Crippen LogP contribution is -2.32. The predicted octanol–water partition coefficient (Wildman–Crippen LogP) is 5.95. The summed E-state index contributed by atoms with van der Waals surface area (Å²) in [5.41, 5.74) is 0.584. The zero-order valence-corrected chi connectivity index (χ0v) is 15.5. The third-order valence-electron chi connectivity index (χ3n) is 5.87. The van der Waals surface area contributed by atoms with Crippen LogP contribution < -0.4 is 0 Å². The van der Waals surface area contributed by atoms with Gasteiger partial charge in [-0.25, -0.2) is 13.2 Å². The SMILES string of the molecule is CCCC1COC(CCC2CCC(c3cc(F)c(F)c(F)c3)CC2)OC1. The minimum Gasteiger partial charge on any atom is -0.352 e. The molecule has 3 rings (SSSR count). The van der Waals surface area contributed by atoms with Gasteiger partial charge < -0.3 is 9.47 Å². The van der Waals surface area contributed by atoms with Crippen molar-refractivity contribution >= 4 is 0 Å². The molecule has 0 spiro atoms. The van der Waals surface area contributed by atoms with Crippen LogP contribution in [0.4, 0.5) is 13.2 Å². The van der Waals surface area contributed by atoms with Crippen molar-refractivity contribution in [3.63, 3.8) is 0 Å². The molecule has 1 saturated carbocycles. The highest BCUT2D eigenvalue weighted by atomic mass is 19.2. The third kappa shape index (κ3) is 5.01. The van der Waals surface area contributed by atoms with Crippen LogP contribution in [-0.2, 0) is 9.47 Å². The van der Waals surface area contributed by atoms with Gasteiger partial charge in [0.1, 0.15) is 0 Å². The summed E-state index contributed by atoms with van der Waals surface area (Å²) >= 11 is 0.